The van der Waals surface area contributed by atoms with E-state index in [-0.39, 0.29) is 35.7 Å². The number of rotatable bonds is 8. The lowest BCUT2D eigenvalue weighted by Gasteiger charge is -2.36. The van der Waals surface area contributed by atoms with Gasteiger partial charge >= 0.3 is 0 Å². The van der Waals surface area contributed by atoms with Crippen LogP contribution in [0.2, 0.25) is 0 Å². The van der Waals surface area contributed by atoms with Crippen molar-refractivity contribution < 1.29 is 13.9 Å². The number of anilines is 1. The van der Waals surface area contributed by atoms with Crippen LogP contribution in [0.5, 0.6) is 5.75 Å². The Kier molecular flexibility index (Phi) is 11.2. The average molecular weight is 569 g/mol. The highest BCUT2D eigenvalue weighted by Gasteiger charge is 2.21. The molecule has 2 aromatic rings. The maximum absolute atomic E-state index is 13.1. The Morgan fingerprint density at radius 3 is 2.48 bits per heavy atom. The number of benzene rings is 2. The molecule has 0 aromatic heterocycles. The first kappa shape index (κ1) is 26.7. The van der Waals surface area contributed by atoms with Gasteiger partial charge in [-0.3, -0.25) is 4.79 Å². The van der Waals surface area contributed by atoms with Gasteiger partial charge in [-0.05, 0) is 48.9 Å². The van der Waals surface area contributed by atoms with Crippen LogP contribution in [0.3, 0.4) is 0 Å². The van der Waals surface area contributed by atoms with E-state index in [1.54, 1.807) is 19.2 Å². The second kappa shape index (κ2) is 13.9. The largest absolute Gasteiger partial charge is 0.497 e. The standard InChI is InChI=1S/C24H32FN5O2.HI/c1-3-26-24(28-18-19-5-4-6-22(17-19)32-2)27-12-11-23(31)30-15-13-29(14-16-30)21-9-7-20(25)8-10-21;/h4-10,17H,3,11-16,18H2,1-2H3,(H2,26,27,28);1H. The van der Waals surface area contributed by atoms with Crippen LogP contribution >= 0.6 is 24.0 Å². The number of carbonyl (C=O) groups is 1. The second-order valence-corrected chi connectivity index (χ2v) is 7.57. The Hall–Kier alpha value is -2.56. The molecule has 1 fully saturated rings. The summed E-state index contributed by atoms with van der Waals surface area (Å²) in [5.74, 6) is 1.38. The molecule has 9 heteroatoms. The summed E-state index contributed by atoms with van der Waals surface area (Å²) >= 11 is 0. The Morgan fingerprint density at radius 2 is 1.82 bits per heavy atom. The van der Waals surface area contributed by atoms with Crippen molar-refractivity contribution >= 4 is 41.5 Å². The molecular weight excluding hydrogens is 536 g/mol. The number of carbonyl (C=O) groups excluding carboxylic acids is 1. The van der Waals surface area contributed by atoms with Crippen molar-refractivity contribution in [3.8, 4) is 5.75 Å². The van der Waals surface area contributed by atoms with Crippen LogP contribution < -0.4 is 20.3 Å². The number of hydrogen-bond acceptors (Lipinski definition) is 4. The quantitative estimate of drug-likeness (QED) is 0.291. The summed E-state index contributed by atoms with van der Waals surface area (Å²) in [6.45, 7) is 6.61. The smallest absolute Gasteiger partial charge is 0.224 e. The number of nitrogens with zero attached hydrogens (tertiary/aromatic N) is 3. The SMILES string of the molecule is CCNC(=NCc1cccc(OC)c1)NCCC(=O)N1CCN(c2ccc(F)cc2)CC1.I. The number of guanidine groups is 1. The van der Waals surface area contributed by atoms with Crippen molar-refractivity contribution in [3.05, 3.63) is 59.9 Å². The first-order chi connectivity index (χ1) is 15.6. The summed E-state index contributed by atoms with van der Waals surface area (Å²) in [6, 6.07) is 14.3. The number of nitrogens with one attached hydrogen (secondary N) is 2. The Bertz CT molecular complexity index is 902. The van der Waals surface area contributed by atoms with Gasteiger partial charge < -0.3 is 25.2 Å². The van der Waals surface area contributed by atoms with E-state index in [9.17, 15) is 9.18 Å². The van der Waals surface area contributed by atoms with Crippen LogP contribution in [0.25, 0.3) is 0 Å². The number of hydrogen-bond donors (Lipinski definition) is 2. The molecule has 0 unspecified atom stereocenters. The van der Waals surface area contributed by atoms with Crippen molar-refractivity contribution in [1.29, 1.82) is 0 Å². The van der Waals surface area contributed by atoms with E-state index in [2.05, 4.69) is 20.5 Å². The fourth-order valence-corrected chi connectivity index (χ4v) is 3.59. The van der Waals surface area contributed by atoms with Crippen molar-refractivity contribution in [2.45, 2.75) is 19.9 Å². The summed E-state index contributed by atoms with van der Waals surface area (Å²) < 4.78 is 18.4. The molecule has 3 rings (SSSR count). The molecule has 1 aliphatic heterocycles. The lowest BCUT2D eigenvalue weighted by atomic mass is 10.2. The van der Waals surface area contributed by atoms with E-state index in [0.29, 0.717) is 38.6 Å². The monoisotopic (exact) mass is 569 g/mol. The molecule has 1 heterocycles. The number of ether oxygens (including phenoxy) is 1. The van der Waals surface area contributed by atoms with Crippen molar-refractivity contribution in [1.82, 2.24) is 15.5 Å². The minimum Gasteiger partial charge on any atom is -0.497 e. The van der Waals surface area contributed by atoms with Crippen molar-refractivity contribution in [2.75, 3.05) is 51.3 Å². The summed E-state index contributed by atoms with van der Waals surface area (Å²) in [7, 11) is 1.65. The zero-order valence-corrected chi connectivity index (χ0v) is 21.6. The molecule has 33 heavy (non-hydrogen) atoms. The second-order valence-electron chi connectivity index (χ2n) is 7.57. The van der Waals surface area contributed by atoms with Gasteiger partial charge in [0.15, 0.2) is 5.96 Å². The maximum Gasteiger partial charge on any atom is 0.224 e. The normalized spacial score (nSPS) is 13.8. The van der Waals surface area contributed by atoms with Crippen LogP contribution in [0.4, 0.5) is 10.1 Å². The molecule has 0 aliphatic carbocycles. The zero-order valence-electron chi connectivity index (χ0n) is 19.2. The summed E-state index contributed by atoms with van der Waals surface area (Å²) in [6.07, 6.45) is 0.403. The number of amides is 1. The van der Waals surface area contributed by atoms with Crippen LogP contribution in [0.1, 0.15) is 18.9 Å². The van der Waals surface area contributed by atoms with Gasteiger partial charge in [-0.25, -0.2) is 9.38 Å². The third-order valence-corrected chi connectivity index (χ3v) is 5.35. The molecule has 2 aromatic carbocycles. The molecule has 0 spiro atoms. The van der Waals surface area contributed by atoms with E-state index in [1.807, 2.05) is 36.1 Å². The predicted molar refractivity (Wildman–Crippen MR) is 141 cm³/mol. The Balaban J connectivity index is 0.00000385. The zero-order chi connectivity index (χ0) is 22.8. The van der Waals surface area contributed by atoms with Crippen LogP contribution in [0.15, 0.2) is 53.5 Å². The predicted octanol–water partition coefficient (Wildman–Crippen LogP) is 3.25. The van der Waals surface area contributed by atoms with Gasteiger partial charge in [0.2, 0.25) is 5.91 Å². The van der Waals surface area contributed by atoms with Gasteiger partial charge in [0.1, 0.15) is 11.6 Å². The average Bonchev–Trinajstić information content (AvgIpc) is 2.83. The van der Waals surface area contributed by atoms with E-state index >= 15 is 0 Å². The fourth-order valence-electron chi connectivity index (χ4n) is 3.59. The van der Waals surface area contributed by atoms with Gasteiger partial charge in [-0.2, -0.15) is 0 Å². The van der Waals surface area contributed by atoms with E-state index < -0.39 is 0 Å². The van der Waals surface area contributed by atoms with Crippen LogP contribution in [-0.2, 0) is 11.3 Å². The minimum atomic E-state index is -0.237. The molecule has 1 saturated heterocycles. The molecular formula is C24H33FIN5O2. The molecule has 0 atom stereocenters. The highest BCUT2D eigenvalue weighted by Crippen LogP contribution is 2.17. The van der Waals surface area contributed by atoms with Crippen molar-refractivity contribution in [3.63, 3.8) is 0 Å². The maximum atomic E-state index is 13.1. The van der Waals surface area contributed by atoms with E-state index in [1.165, 1.54) is 12.1 Å². The first-order valence-electron chi connectivity index (χ1n) is 11.0. The molecule has 1 aliphatic rings. The van der Waals surface area contributed by atoms with E-state index in [4.69, 9.17) is 4.74 Å². The molecule has 180 valence electrons. The first-order valence-corrected chi connectivity index (χ1v) is 11.0. The summed E-state index contributed by atoms with van der Waals surface area (Å²) in [5, 5.41) is 6.46. The Morgan fingerprint density at radius 1 is 1.09 bits per heavy atom. The van der Waals surface area contributed by atoms with Gasteiger partial charge in [-0.1, -0.05) is 12.1 Å². The molecule has 0 bridgehead atoms. The van der Waals surface area contributed by atoms with Crippen molar-refractivity contribution in [2.24, 2.45) is 4.99 Å². The topological polar surface area (TPSA) is 69.2 Å². The van der Waals surface area contributed by atoms with Crippen LogP contribution in [-0.4, -0.2) is 63.1 Å². The fraction of sp³-hybridized carbons (Fsp3) is 0.417. The van der Waals surface area contributed by atoms with Gasteiger partial charge in [0.25, 0.3) is 0 Å². The minimum absolute atomic E-state index is 0. The molecule has 0 radical (unpaired) electrons. The van der Waals surface area contributed by atoms with Gasteiger partial charge in [0.05, 0.1) is 13.7 Å². The highest BCUT2D eigenvalue weighted by molar-refractivity contribution is 14.0. The van der Waals surface area contributed by atoms with Gasteiger partial charge in [0, 0.05) is 51.4 Å². The number of methoxy groups -OCH3 is 1. The van der Waals surface area contributed by atoms with Crippen LogP contribution in [0, 0.1) is 5.82 Å². The molecule has 2 N–H and O–H groups in total. The third kappa shape index (κ3) is 8.38. The number of aliphatic imine (C=N–C) groups is 1. The summed E-state index contributed by atoms with van der Waals surface area (Å²) in [5.41, 5.74) is 2.04. The highest BCUT2D eigenvalue weighted by atomic mass is 127. The lowest BCUT2D eigenvalue weighted by molar-refractivity contribution is -0.131. The molecule has 0 saturated carbocycles. The van der Waals surface area contributed by atoms with E-state index in [0.717, 1.165) is 36.6 Å². The molecule has 1 amide bonds. The third-order valence-electron chi connectivity index (χ3n) is 5.35. The number of halogens is 2. The van der Waals surface area contributed by atoms with Gasteiger partial charge in [-0.15, -0.1) is 24.0 Å². The number of piperazine rings is 1. The Labute approximate surface area is 212 Å². The lowest BCUT2D eigenvalue weighted by Crippen LogP contribution is -2.49. The molecule has 7 nitrogen and oxygen atoms in total. The summed E-state index contributed by atoms with van der Waals surface area (Å²) in [4.78, 5) is 21.3.